The van der Waals surface area contributed by atoms with E-state index in [1.165, 1.54) is 48.5 Å². The number of nitrogens with zero attached hydrogens (tertiary/aromatic N) is 4. The first-order valence-corrected chi connectivity index (χ1v) is 12.2. The van der Waals surface area contributed by atoms with E-state index >= 15 is 0 Å². The van der Waals surface area contributed by atoms with Gasteiger partial charge in [-0.1, -0.05) is 0 Å². The molecule has 0 aliphatic rings. The van der Waals surface area contributed by atoms with E-state index in [2.05, 4.69) is 0 Å². The van der Waals surface area contributed by atoms with Crippen molar-refractivity contribution in [2.24, 2.45) is 0 Å². The number of non-ortho nitro benzene ring substituents is 2. The fourth-order valence-electron chi connectivity index (χ4n) is 3.59. The van der Waals surface area contributed by atoms with Crippen LogP contribution in [0.5, 0.6) is 17.2 Å². The number of benzene rings is 3. The van der Waals surface area contributed by atoms with Crippen LogP contribution in [0.25, 0.3) is 0 Å². The van der Waals surface area contributed by atoms with Crippen LogP contribution in [0.4, 0.5) is 11.4 Å². The molecule has 0 saturated heterocycles. The summed E-state index contributed by atoms with van der Waals surface area (Å²) < 4.78 is 16.8. The van der Waals surface area contributed by atoms with E-state index in [1.807, 2.05) is 6.07 Å². The number of aliphatic hydroxyl groups is 2. The Kier molecular flexibility index (Phi) is 13.2. The molecule has 0 bridgehead atoms. The first-order chi connectivity index (χ1) is 19.2. The van der Waals surface area contributed by atoms with Crippen LogP contribution in [0.15, 0.2) is 72.8 Å². The largest absolute Gasteiger partial charge is 0.492 e. The molecule has 2 atom stereocenters. The number of ether oxygens (including phenoxy) is 3. The number of hydrogen-bond acceptors (Lipinski definition) is 11. The number of nitriles is 1. The molecule has 0 spiro atoms. The second kappa shape index (κ2) is 16.6. The minimum absolute atomic E-state index is 0. The number of aliphatic hydroxyl groups excluding tert-OH is 2. The van der Waals surface area contributed by atoms with Crippen molar-refractivity contribution in [1.29, 1.82) is 5.26 Å². The summed E-state index contributed by atoms with van der Waals surface area (Å²) in [6.45, 7) is 0.567. The summed E-state index contributed by atoms with van der Waals surface area (Å²) in [5.41, 5.74) is 0.346. The molecule has 218 valence electrons. The molecular formula is C27H29ClN4O9. The van der Waals surface area contributed by atoms with Gasteiger partial charge in [-0.2, -0.15) is 5.26 Å². The normalized spacial score (nSPS) is 12.0. The third-order valence-corrected chi connectivity index (χ3v) is 5.58. The first-order valence-electron chi connectivity index (χ1n) is 12.2. The van der Waals surface area contributed by atoms with Crippen molar-refractivity contribution in [2.75, 3.05) is 39.5 Å². The van der Waals surface area contributed by atoms with Gasteiger partial charge in [-0.3, -0.25) is 25.1 Å². The molecule has 0 aliphatic heterocycles. The zero-order valence-electron chi connectivity index (χ0n) is 21.8. The highest BCUT2D eigenvalue weighted by Crippen LogP contribution is 2.19. The summed E-state index contributed by atoms with van der Waals surface area (Å²) in [5, 5.41) is 51.7. The van der Waals surface area contributed by atoms with Crippen molar-refractivity contribution in [3.8, 4) is 23.3 Å². The van der Waals surface area contributed by atoms with Crippen LogP contribution < -0.4 is 14.2 Å². The maximum atomic E-state index is 10.8. The smallest absolute Gasteiger partial charge is 0.269 e. The zero-order valence-corrected chi connectivity index (χ0v) is 22.6. The Morgan fingerprint density at radius 2 is 1.12 bits per heavy atom. The molecule has 0 heterocycles. The average molecular weight is 589 g/mol. The lowest BCUT2D eigenvalue weighted by Gasteiger charge is -2.27. The predicted molar refractivity (Wildman–Crippen MR) is 150 cm³/mol. The fraction of sp³-hybridized carbons (Fsp3) is 0.296. The highest BCUT2D eigenvalue weighted by Gasteiger charge is 2.18. The topological polar surface area (TPSA) is 181 Å². The molecule has 13 nitrogen and oxygen atoms in total. The van der Waals surface area contributed by atoms with Gasteiger partial charge in [-0.25, -0.2) is 0 Å². The molecule has 2 unspecified atom stereocenters. The number of hydrogen-bond donors (Lipinski definition) is 2. The maximum absolute atomic E-state index is 10.8. The van der Waals surface area contributed by atoms with E-state index in [9.17, 15) is 30.4 Å². The lowest BCUT2D eigenvalue weighted by atomic mass is 10.2. The molecule has 3 aromatic rings. The molecular weight excluding hydrogens is 560 g/mol. The molecule has 41 heavy (non-hydrogen) atoms. The van der Waals surface area contributed by atoms with Crippen LogP contribution in [0.2, 0.25) is 0 Å². The lowest BCUT2D eigenvalue weighted by Crippen LogP contribution is -2.43. The molecule has 3 aromatic carbocycles. The number of rotatable bonds is 16. The Labute approximate surface area is 241 Å². The Morgan fingerprint density at radius 3 is 1.51 bits per heavy atom. The van der Waals surface area contributed by atoms with E-state index in [0.29, 0.717) is 29.4 Å². The van der Waals surface area contributed by atoms with Crippen LogP contribution in [-0.4, -0.2) is 76.6 Å². The SMILES string of the molecule is Cl.N#Cc1ccc(OCCN(CC(O)COc2ccc([N+](=O)[O-])cc2)CC(O)COc2ccc([N+](=O)[O-])cc2)cc1. The van der Waals surface area contributed by atoms with E-state index in [4.69, 9.17) is 19.5 Å². The van der Waals surface area contributed by atoms with E-state index in [0.717, 1.165) is 0 Å². The summed E-state index contributed by atoms with van der Waals surface area (Å²) >= 11 is 0. The van der Waals surface area contributed by atoms with Gasteiger partial charge < -0.3 is 24.4 Å². The van der Waals surface area contributed by atoms with Gasteiger partial charge in [0.15, 0.2) is 0 Å². The third kappa shape index (κ3) is 11.3. The molecule has 0 aliphatic carbocycles. The van der Waals surface area contributed by atoms with Crippen molar-refractivity contribution in [2.45, 2.75) is 12.2 Å². The molecule has 0 amide bonds. The second-order valence-electron chi connectivity index (χ2n) is 8.68. The van der Waals surface area contributed by atoms with Crippen molar-refractivity contribution in [1.82, 2.24) is 4.90 Å². The molecule has 0 saturated carbocycles. The van der Waals surface area contributed by atoms with Gasteiger partial charge in [0.25, 0.3) is 11.4 Å². The van der Waals surface area contributed by atoms with Gasteiger partial charge in [0.05, 0.1) is 21.5 Å². The Bertz CT molecular complexity index is 1220. The third-order valence-electron chi connectivity index (χ3n) is 5.58. The maximum Gasteiger partial charge on any atom is 0.269 e. The molecule has 0 fully saturated rings. The van der Waals surface area contributed by atoms with Crippen LogP contribution in [-0.2, 0) is 0 Å². The van der Waals surface area contributed by atoms with E-state index in [-0.39, 0.29) is 56.7 Å². The van der Waals surface area contributed by atoms with Gasteiger partial charge in [0.1, 0.15) is 49.3 Å². The van der Waals surface area contributed by atoms with Crippen molar-refractivity contribution < 1.29 is 34.3 Å². The standard InChI is InChI=1S/C27H28N4O9.ClH/c28-15-20-1-7-25(8-2-20)38-14-13-29(16-23(32)18-39-26-9-3-21(4-10-26)30(34)35)17-24(33)19-40-27-11-5-22(6-12-27)31(36)37;/h1-12,23-24,32-33H,13-14,16-19H2;1H. The van der Waals surface area contributed by atoms with Crippen molar-refractivity contribution in [3.63, 3.8) is 0 Å². The molecule has 0 aromatic heterocycles. The number of nitro groups is 2. The van der Waals surface area contributed by atoms with Crippen molar-refractivity contribution in [3.05, 3.63) is 98.6 Å². The summed E-state index contributed by atoms with van der Waals surface area (Å²) in [6.07, 6.45) is -1.93. The summed E-state index contributed by atoms with van der Waals surface area (Å²) in [5.74, 6) is 1.27. The minimum Gasteiger partial charge on any atom is -0.492 e. The summed E-state index contributed by atoms with van der Waals surface area (Å²) in [6, 6.07) is 19.6. The summed E-state index contributed by atoms with van der Waals surface area (Å²) in [7, 11) is 0. The minimum atomic E-state index is -0.965. The molecule has 3 rings (SSSR count). The van der Waals surface area contributed by atoms with Crippen LogP contribution in [0.3, 0.4) is 0 Å². The fourth-order valence-corrected chi connectivity index (χ4v) is 3.59. The van der Waals surface area contributed by atoms with E-state index < -0.39 is 22.1 Å². The Hall–Kier alpha value is -4.48. The van der Waals surface area contributed by atoms with Gasteiger partial charge in [0, 0.05) is 43.9 Å². The monoisotopic (exact) mass is 588 g/mol. The highest BCUT2D eigenvalue weighted by molar-refractivity contribution is 5.85. The van der Waals surface area contributed by atoms with Gasteiger partial charge >= 0.3 is 0 Å². The van der Waals surface area contributed by atoms with E-state index in [1.54, 1.807) is 29.2 Å². The number of halogens is 1. The van der Waals surface area contributed by atoms with Gasteiger partial charge in [0.2, 0.25) is 0 Å². The number of nitro benzene ring substituents is 2. The quantitative estimate of drug-likeness (QED) is 0.185. The Morgan fingerprint density at radius 1 is 0.732 bits per heavy atom. The van der Waals surface area contributed by atoms with Gasteiger partial charge in [-0.15, -0.1) is 12.4 Å². The Balaban J connectivity index is 0.00000588. The van der Waals surface area contributed by atoms with Crippen LogP contribution >= 0.6 is 12.4 Å². The zero-order chi connectivity index (χ0) is 28.9. The molecule has 14 heteroatoms. The predicted octanol–water partition coefficient (Wildman–Crippen LogP) is 3.36. The molecule has 0 radical (unpaired) electrons. The summed E-state index contributed by atoms with van der Waals surface area (Å²) in [4.78, 5) is 22.3. The van der Waals surface area contributed by atoms with Crippen molar-refractivity contribution >= 4 is 23.8 Å². The lowest BCUT2D eigenvalue weighted by molar-refractivity contribution is -0.385. The average Bonchev–Trinajstić information content (AvgIpc) is 2.95. The first kappa shape index (κ1) is 32.7. The highest BCUT2D eigenvalue weighted by atomic mass is 35.5. The van der Waals surface area contributed by atoms with Crippen LogP contribution in [0, 0.1) is 31.6 Å². The van der Waals surface area contributed by atoms with Crippen LogP contribution in [0.1, 0.15) is 5.56 Å². The van der Waals surface area contributed by atoms with Gasteiger partial charge in [-0.05, 0) is 48.5 Å². The molecule has 2 N–H and O–H groups in total. The second-order valence-corrected chi connectivity index (χ2v) is 8.68.